The predicted molar refractivity (Wildman–Crippen MR) is 95.5 cm³/mol. The van der Waals surface area contributed by atoms with Gasteiger partial charge in [0.05, 0.1) is 31.3 Å². The van der Waals surface area contributed by atoms with Crippen LogP contribution in [0.5, 0.6) is 11.5 Å². The summed E-state index contributed by atoms with van der Waals surface area (Å²) in [6.45, 7) is 5.72. The molecule has 2 aromatic rings. The number of sulfonamides is 1. The Labute approximate surface area is 143 Å². The molecular formula is C18H21NO4S. The van der Waals surface area contributed by atoms with E-state index in [1.807, 2.05) is 6.92 Å². The Hall–Kier alpha value is -2.47. The van der Waals surface area contributed by atoms with Crippen LogP contribution in [0.2, 0.25) is 0 Å². The van der Waals surface area contributed by atoms with Gasteiger partial charge in [-0.3, -0.25) is 4.31 Å². The van der Waals surface area contributed by atoms with E-state index in [0.717, 1.165) is 5.56 Å². The van der Waals surface area contributed by atoms with E-state index in [9.17, 15) is 8.42 Å². The van der Waals surface area contributed by atoms with Gasteiger partial charge in [0.15, 0.2) is 11.5 Å². The summed E-state index contributed by atoms with van der Waals surface area (Å²) in [5, 5.41) is 0. The Kier molecular flexibility index (Phi) is 5.51. The predicted octanol–water partition coefficient (Wildman–Crippen LogP) is 3.39. The van der Waals surface area contributed by atoms with Crippen molar-refractivity contribution in [3.63, 3.8) is 0 Å². The SMILES string of the molecule is C=CCN(c1ccc(OC)c(OC)c1)S(=O)(=O)c1ccc(C)cc1. The molecule has 0 aliphatic heterocycles. The molecule has 0 heterocycles. The molecule has 0 amide bonds. The van der Waals surface area contributed by atoms with Gasteiger partial charge in [-0.15, -0.1) is 6.58 Å². The van der Waals surface area contributed by atoms with Crippen LogP contribution in [-0.4, -0.2) is 29.2 Å². The van der Waals surface area contributed by atoms with Crippen LogP contribution in [0.3, 0.4) is 0 Å². The van der Waals surface area contributed by atoms with Crippen LogP contribution in [0.15, 0.2) is 60.0 Å². The molecule has 0 atom stereocenters. The fourth-order valence-electron chi connectivity index (χ4n) is 2.28. The monoisotopic (exact) mass is 347 g/mol. The minimum atomic E-state index is -3.71. The number of ether oxygens (including phenoxy) is 2. The standard InChI is InChI=1S/C18H21NO4S/c1-5-12-19(15-8-11-17(22-3)18(13-15)23-4)24(20,21)16-9-6-14(2)7-10-16/h5-11,13H,1,12H2,2-4H3. The lowest BCUT2D eigenvalue weighted by Gasteiger charge is -2.24. The van der Waals surface area contributed by atoms with E-state index in [1.54, 1.807) is 48.5 Å². The van der Waals surface area contributed by atoms with Crippen LogP contribution in [0.1, 0.15) is 5.56 Å². The number of nitrogens with zero attached hydrogens (tertiary/aromatic N) is 1. The Balaban J connectivity index is 2.52. The number of rotatable bonds is 7. The lowest BCUT2D eigenvalue weighted by Crippen LogP contribution is -2.31. The highest BCUT2D eigenvalue weighted by atomic mass is 32.2. The largest absolute Gasteiger partial charge is 0.493 e. The summed E-state index contributed by atoms with van der Waals surface area (Å²) in [4.78, 5) is 0.227. The zero-order chi connectivity index (χ0) is 17.7. The summed E-state index contributed by atoms with van der Waals surface area (Å²) in [6.07, 6.45) is 1.54. The Bertz CT molecular complexity index is 813. The molecule has 0 radical (unpaired) electrons. The smallest absolute Gasteiger partial charge is 0.264 e. The minimum absolute atomic E-state index is 0.145. The quantitative estimate of drug-likeness (QED) is 0.721. The molecule has 5 nitrogen and oxygen atoms in total. The molecule has 0 unspecified atom stereocenters. The van der Waals surface area contributed by atoms with Crippen LogP contribution >= 0.6 is 0 Å². The van der Waals surface area contributed by atoms with E-state index in [0.29, 0.717) is 17.2 Å². The van der Waals surface area contributed by atoms with Crippen molar-refractivity contribution in [3.05, 3.63) is 60.7 Å². The molecule has 0 saturated carbocycles. The van der Waals surface area contributed by atoms with Crippen LogP contribution in [0.4, 0.5) is 5.69 Å². The van der Waals surface area contributed by atoms with E-state index in [4.69, 9.17) is 9.47 Å². The molecule has 24 heavy (non-hydrogen) atoms. The van der Waals surface area contributed by atoms with Crippen LogP contribution in [-0.2, 0) is 10.0 Å². The summed E-state index contributed by atoms with van der Waals surface area (Å²) < 4.78 is 37.7. The molecule has 128 valence electrons. The number of hydrogen-bond acceptors (Lipinski definition) is 4. The topological polar surface area (TPSA) is 55.8 Å². The first-order valence-corrected chi connectivity index (χ1v) is 8.80. The lowest BCUT2D eigenvalue weighted by atomic mass is 10.2. The lowest BCUT2D eigenvalue weighted by molar-refractivity contribution is 0.355. The molecular weight excluding hydrogens is 326 g/mol. The van der Waals surface area contributed by atoms with Gasteiger partial charge in [-0.2, -0.15) is 0 Å². The van der Waals surface area contributed by atoms with E-state index in [-0.39, 0.29) is 11.4 Å². The average molecular weight is 347 g/mol. The maximum absolute atomic E-state index is 13.0. The van der Waals surface area contributed by atoms with Gasteiger partial charge < -0.3 is 9.47 Å². The number of aryl methyl sites for hydroxylation is 1. The van der Waals surface area contributed by atoms with Crippen molar-refractivity contribution < 1.29 is 17.9 Å². The fraction of sp³-hybridized carbons (Fsp3) is 0.222. The van der Waals surface area contributed by atoms with Gasteiger partial charge in [-0.1, -0.05) is 23.8 Å². The maximum Gasteiger partial charge on any atom is 0.264 e. The average Bonchev–Trinajstić information content (AvgIpc) is 2.59. The minimum Gasteiger partial charge on any atom is -0.493 e. The normalized spacial score (nSPS) is 11.0. The summed E-state index contributed by atoms with van der Waals surface area (Å²) >= 11 is 0. The Morgan fingerprint density at radius 2 is 1.67 bits per heavy atom. The van der Waals surface area contributed by atoms with E-state index in [2.05, 4.69) is 6.58 Å². The third kappa shape index (κ3) is 3.54. The highest BCUT2D eigenvalue weighted by Crippen LogP contribution is 2.33. The van der Waals surface area contributed by atoms with Gasteiger partial charge in [0.25, 0.3) is 10.0 Å². The first kappa shape index (κ1) is 17.9. The number of hydrogen-bond donors (Lipinski definition) is 0. The molecule has 0 aromatic heterocycles. The van der Waals surface area contributed by atoms with E-state index < -0.39 is 10.0 Å². The van der Waals surface area contributed by atoms with E-state index in [1.165, 1.54) is 18.5 Å². The van der Waals surface area contributed by atoms with Crippen molar-refractivity contribution in [2.24, 2.45) is 0 Å². The number of benzene rings is 2. The molecule has 2 aromatic carbocycles. The maximum atomic E-state index is 13.0. The van der Waals surface area contributed by atoms with Crippen molar-refractivity contribution in [2.75, 3.05) is 25.1 Å². The van der Waals surface area contributed by atoms with Gasteiger partial charge in [0.1, 0.15) is 0 Å². The molecule has 6 heteroatoms. The van der Waals surface area contributed by atoms with Gasteiger partial charge in [-0.05, 0) is 31.2 Å². The van der Waals surface area contributed by atoms with Crippen molar-refractivity contribution >= 4 is 15.7 Å². The van der Waals surface area contributed by atoms with Gasteiger partial charge >= 0.3 is 0 Å². The third-order valence-corrected chi connectivity index (χ3v) is 5.37. The molecule has 2 rings (SSSR count). The van der Waals surface area contributed by atoms with Crippen LogP contribution < -0.4 is 13.8 Å². The van der Waals surface area contributed by atoms with Gasteiger partial charge in [0, 0.05) is 6.07 Å². The molecule has 0 N–H and O–H groups in total. The number of methoxy groups -OCH3 is 2. The summed E-state index contributed by atoms with van der Waals surface area (Å²) in [6, 6.07) is 11.7. The first-order valence-electron chi connectivity index (χ1n) is 7.36. The highest BCUT2D eigenvalue weighted by Gasteiger charge is 2.24. The highest BCUT2D eigenvalue weighted by molar-refractivity contribution is 7.92. The second-order valence-electron chi connectivity index (χ2n) is 5.18. The van der Waals surface area contributed by atoms with Crippen molar-refractivity contribution in [1.29, 1.82) is 0 Å². The van der Waals surface area contributed by atoms with E-state index >= 15 is 0 Å². The summed E-state index contributed by atoms with van der Waals surface area (Å²) in [7, 11) is -0.674. The van der Waals surface area contributed by atoms with Crippen LogP contribution in [0, 0.1) is 6.92 Å². The summed E-state index contributed by atoms with van der Waals surface area (Å²) in [5.41, 5.74) is 1.48. The van der Waals surface area contributed by atoms with Crippen molar-refractivity contribution in [2.45, 2.75) is 11.8 Å². The molecule has 0 aliphatic rings. The second kappa shape index (κ2) is 7.40. The van der Waals surface area contributed by atoms with Crippen LogP contribution in [0.25, 0.3) is 0 Å². The fourth-order valence-corrected chi connectivity index (χ4v) is 3.70. The Morgan fingerprint density at radius 1 is 1.04 bits per heavy atom. The number of anilines is 1. The first-order chi connectivity index (χ1) is 11.4. The van der Waals surface area contributed by atoms with Gasteiger partial charge in [-0.25, -0.2) is 8.42 Å². The molecule has 0 aliphatic carbocycles. The second-order valence-corrected chi connectivity index (χ2v) is 7.04. The van der Waals surface area contributed by atoms with Gasteiger partial charge in [0.2, 0.25) is 0 Å². The molecule has 0 spiro atoms. The Morgan fingerprint density at radius 3 is 2.21 bits per heavy atom. The zero-order valence-electron chi connectivity index (χ0n) is 14.0. The van der Waals surface area contributed by atoms with Crippen molar-refractivity contribution in [3.8, 4) is 11.5 Å². The van der Waals surface area contributed by atoms with Crippen molar-refractivity contribution in [1.82, 2.24) is 0 Å². The molecule has 0 saturated heterocycles. The molecule has 0 bridgehead atoms. The molecule has 0 fully saturated rings. The third-order valence-electron chi connectivity index (χ3n) is 3.56. The zero-order valence-corrected chi connectivity index (χ0v) is 14.8. The summed E-state index contributed by atoms with van der Waals surface area (Å²) in [5.74, 6) is 0.996.